The van der Waals surface area contributed by atoms with E-state index in [1.54, 1.807) is 0 Å². The van der Waals surface area contributed by atoms with Gasteiger partial charge in [0.1, 0.15) is 0 Å². The highest BCUT2D eigenvalue weighted by molar-refractivity contribution is 5.30. The number of aromatic nitrogens is 1. The number of nitrogens with zero attached hydrogens (tertiary/aromatic N) is 1. The highest BCUT2D eigenvalue weighted by Crippen LogP contribution is 2.41. The van der Waals surface area contributed by atoms with Crippen molar-refractivity contribution >= 4 is 0 Å². The van der Waals surface area contributed by atoms with Crippen molar-refractivity contribution in [2.45, 2.75) is 66.0 Å². The summed E-state index contributed by atoms with van der Waals surface area (Å²) in [4.78, 5) is 0. The molecule has 1 aromatic rings. The highest BCUT2D eigenvalue weighted by atomic mass is 15.0. The monoisotopic (exact) mass is 248 g/mol. The van der Waals surface area contributed by atoms with Crippen molar-refractivity contribution in [2.24, 2.45) is 17.1 Å². The maximum atomic E-state index is 6.34. The predicted octanol–water partition coefficient (Wildman–Crippen LogP) is 4.07. The summed E-state index contributed by atoms with van der Waals surface area (Å²) >= 11 is 0. The van der Waals surface area contributed by atoms with E-state index >= 15 is 0 Å². The van der Waals surface area contributed by atoms with Crippen molar-refractivity contribution in [3.63, 3.8) is 0 Å². The van der Waals surface area contributed by atoms with Crippen LogP contribution in [0.3, 0.4) is 0 Å². The van der Waals surface area contributed by atoms with Gasteiger partial charge in [-0.25, -0.2) is 0 Å². The molecule has 0 saturated carbocycles. The van der Waals surface area contributed by atoms with Gasteiger partial charge in [0.25, 0.3) is 0 Å². The fourth-order valence-corrected chi connectivity index (χ4v) is 3.56. The Morgan fingerprint density at radius 3 is 2.67 bits per heavy atom. The molecular formula is C16H28N2. The SMILES string of the molecule is CCC(C(C)C)n1ccc2c1CC(C)(C)CC2N. The molecule has 1 aliphatic rings. The maximum absolute atomic E-state index is 6.34. The molecule has 2 nitrogen and oxygen atoms in total. The molecule has 2 rings (SSSR count). The third-order valence-corrected chi connectivity index (χ3v) is 4.42. The van der Waals surface area contributed by atoms with Gasteiger partial charge in [0.2, 0.25) is 0 Å². The maximum Gasteiger partial charge on any atom is 0.0353 e. The van der Waals surface area contributed by atoms with Crippen molar-refractivity contribution in [3.05, 3.63) is 23.5 Å². The van der Waals surface area contributed by atoms with Gasteiger partial charge in [0.15, 0.2) is 0 Å². The number of nitrogens with two attached hydrogens (primary N) is 1. The lowest BCUT2D eigenvalue weighted by Gasteiger charge is -2.36. The van der Waals surface area contributed by atoms with E-state index in [0.29, 0.717) is 17.4 Å². The van der Waals surface area contributed by atoms with Gasteiger partial charge in [-0.2, -0.15) is 0 Å². The molecule has 18 heavy (non-hydrogen) atoms. The molecular weight excluding hydrogens is 220 g/mol. The Labute approximate surface area is 112 Å². The van der Waals surface area contributed by atoms with E-state index in [0.717, 1.165) is 12.8 Å². The van der Waals surface area contributed by atoms with Crippen molar-refractivity contribution in [1.82, 2.24) is 4.57 Å². The molecule has 0 aliphatic heterocycles. The Kier molecular flexibility index (Phi) is 3.59. The quantitative estimate of drug-likeness (QED) is 0.859. The van der Waals surface area contributed by atoms with Crippen LogP contribution in [0.1, 0.15) is 70.8 Å². The van der Waals surface area contributed by atoms with E-state index in [9.17, 15) is 0 Å². The lowest BCUT2D eigenvalue weighted by atomic mass is 9.74. The largest absolute Gasteiger partial charge is 0.348 e. The van der Waals surface area contributed by atoms with Crippen LogP contribution in [0, 0.1) is 11.3 Å². The fraction of sp³-hybridized carbons (Fsp3) is 0.750. The van der Waals surface area contributed by atoms with E-state index in [-0.39, 0.29) is 6.04 Å². The second-order valence-corrected chi connectivity index (χ2v) is 7.00. The van der Waals surface area contributed by atoms with Crippen LogP contribution in [0.5, 0.6) is 0 Å². The van der Waals surface area contributed by atoms with Crippen molar-refractivity contribution in [2.75, 3.05) is 0 Å². The van der Waals surface area contributed by atoms with Gasteiger partial charge in [-0.3, -0.25) is 0 Å². The molecule has 0 bridgehead atoms. The minimum absolute atomic E-state index is 0.217. The number of hydrogen-bond donors (Lipinski definition) is 1. The summed E-state index contributed by atoms with van der Waals surface area (Å²) in [6.07, 6.45) is 5.71. The lowest BCUT2D eigenvalue weighted by Crippen LogP contribution is -2.31. The van der Waals surface area contributed by atoms with E-state index in [1.165, 1.54) is 17.7 Å². The van der Waals surface area contributed by atoms with E-state index in [2.05, 4.69) is 51.4 Å². The summed E-state index contributed by atoms with van der Waals surface area (Å²) in [7, 11) is 0. The third-order valence-electron chi connectivity index (χ3n) is 4.42. The van der Waals surface area contributed by atoms with Crippen molar-refractivity contribution < 1.29 is 0 Å². The van der Waals surface area contributed by atoms with Gasteiger partial charge < -0.3 is 10.3 Å². The van der Waals surface area contributed by atoms with Crippen molar-refractivity contribution in [3.8, 4) is 0 Å². The molecule has 2 heteroatoms. The topological polar surface area (TPSA) is 30.9 Å². The van der Waals surface area contributed by atoms with Gasteiger partial charge in [-0.1, -0.05) is 34.6 Å². The Morgan fingerprint density at radius 2 is 2.11 bits per heavy atom. The number of fused-ring (bicyclic) bond motifs is 1. The minimum Gasteiger partial charge on any atom is -0.348 e. The van der Waals surface area contributed by atoms with Crippen LogP contribution in [0.25, 0.3) is 0 Å². The second-order valence-electron chi connectivity index (χ2n) is 7.00. The first-order valence-electron chi connectivity index (χ1n) is 7.31. The van der Waals surface area contributed by atoms with Gasteiger partial charge in [0, 0.05) is 24.0 Å². The van der Waals surface area contributed by atoms with Gasteiger partial charge in [-0.15, -0.1) is 0 Å². The zero-order valence-corrected chi connectivity index (χ0v) is 12.5. The second kappa shape index (κ2) is 4.73. The Balaban J connectivity index is 2.42. The minimum atomic E-state index is 0.217. The van der Waals surface area contributed by atoms with Crippen LogP contribution in [-0.4, -0.2) is 4.57 Å². The van der Waals surface area contributed by atoms with Gasteiger partial charge in [0.05, 0.1) is 0 Å². The number of hydrogen-bond acceptors (Lipinski definition) is 1. The zero-order valence-electron chi connectivity index (χ0n) is 12.5. The Hall–Kier alpha value is -0.760. The smallest absolute Gasteiger partial charge is 0.0353 e. The molecule has 1 aromatic heterocycles. The molecule has 0 spiro atoms. The highest BCUT2D eigenvalue weighted by Gasteiger charge is 2.33. The molecule has 0 saturated heterocycles. The van der Waals surface area contributed by atoms with Crippen LogP contribution >= 0.6 is 0 Å². The molecule has 0 aromatic carbocycles. The molecule has 1 aliphatic carbocycles. The Bertz CT molecular complexity index is 415. The first-order chi connectivity index (χ1) is 8.35. The fourth-order valence-electron chi connectivity index (χ4n) is 3.56. The molecule has 0 amide bonds. The van der Waals surface area contributed by atoms with E-state index in [4.69, 9.17) is 5.73 Å². The third kappa shape index (κ3) is 2.35. The van der Waals surface area contributed by atoms with Gasteiger partial charge >= 0.3 is 0 Å². The van der Waals surface area contributed by atoms with Crippen LogP contribution in [0.2, 0.25) is 0 Å². The number of rotatable bonds is 3. The van der Waals surface area contributed by atoms with Crippen LogP contribution in [0.4, 0.5) is 0 Å². The Morgan fingerprint density at radius 1 is 1.44 bits per heavy atom. The summed E-state index contributed by atoms with van der Waals surface area (Å²) in [5.41, 5.74) is 9.54. The lowest BCUT2D eigenvalue weighted by molar-refractivity contribution is 0.263. The molecule has 2 unspecified atom stereocenters. The summed E-state index contributed by atoms with van der Waals surface area (Å²) in [6, 6.07) is 3.07. The average Bonchev–Trinajstić information content (AvgIpc) is 2.61. The summed E-state index contributed by atoms with van der Waals surface area (Å²) in [5, 5.41) is 0. The molecule has 2 N–H and O–H groups in total. The molecule has 2 atom stereocenters. The normalized spacial score (nSPS) is 24.1. The molecule has 0 radical (unpaired) electrons. The summed E-state index contributed by atoms with van der Waals surface area (Å²) in [5.74, 6) is 0.674. The van der Waals surface area contributed by atoms with Crippen molar-refractivity contribution in [1.29, 1.82) is 0 Å². The standard InChI is InChI=1S/C16H28N2/c1-6-14(11(2)3)18-8-7-12-13(17)9-16(4,5)10-15(12)18/h7-8,11,13-14H,6,9-10,17H2,1-5H3. The molecule has 102 valence electrons. The molecule has 1 heterocycles. The van der Waals surface area contributed by atoms with Crippen LogP contribution in [-0.2, 0) is 6.42 Å². The van der Waals surface area contributed by atoms with Gasteiger partial charge in [-0.05, 0) is 42.2 Å². The average molecular weight is 248 g/mol. The molecule has 0 fully saturated rings. The predicted molar refractivity (Wildman–Crippen MR) is 77.6 cm³/mol. The summed E-state index contributed by atoms with van der Waals surface area (Å²) < 4.78 is 2.50. The first-order valence-corrected chi connectivity index (χ1v) is 7.31. The van der Waals surface area contributed by atoms with Crippen LogP contribution < -0.4 is 5.73 Å². The van der Waals surface area contributed by atoms with Crippen LogP contribution in [0.15, 0.2) is 12.3 Å². The zero-order chi connectivity index (χ0) is 13.5. The summed E-state index contributed by atoms with van der Waals surface area (Å²) in [6.45, 7) is 11.6. The van der Waals surface area contributed by atoms with E-state index < -0.39 is 0 Å². The van der Waals surface area contributed by atoms with E-state index in [1.807, 2.05) is 0 Å². The first kappa shape index (κ1) is 13.7.